The van der Waals surface area contributed by atoms with Crippen LogP contribution in [0.4, 0.5) is 0 Å². The van der Waals surface area contributed by atoms with E-state index in [0.717, 1.165) is 48.0 Å². The number of nitrogens with zero attached hydrogens (tertiary/aromatic N) is 2. The van der Waals surface area contributed by atoms with Crippen LogP contribution in [0.25, 0.3) is 10.9 Å². The van der Waals surface area contributed by atoms with Crippen LogP contribution in [0.2, 0.25) is 0 Å². The van der Waals surface area contributed by atoms with Gasteiger partial charge in [-0.25, -0.2) is 0 Å². The second kappa shape index (κ2) is 11.1. The van der Waals surface area contributed by atoms with Gasteiger partial charge in [0, 0.05) is 30.2 Å². The van der Waals surface area contributed by atoms with E-state index in [4.69, 9.17) is 18.9 Å². The molecule has 5 rings (SSSR count). The number of hydrogen-bond donors (Lipinski definition) is 2. The van der Waals surface area contributed by atoms with Crippen molar-refractivity contribution < 1.29 is 28.8 Å². The van der Waals surface area contributed by atoms with E-state index in [2.05, 4.69) is 15.3 Å². The molecule has 9 nitrogen and oxygen atoms in total. The summed E-state index contributed by atoms with van der Waals surface area (Å²) in [6, 6.07) is 9.72. The fourth-order valence-electron chi connectivity index (χ4n) is 4.94. The van der Waals surface area contributed by atoms with E-state index in [1.807, 2.05) is 36.5 Å². The van der Waals surface area contributed by atoms with Crippen molar-refractivity contribution in [1.29, 1.82) is 0 Å². The zero-order valence-corrected chi connectivity index (χ0v) is 20.3. The summed E-state index contributed by atoms with van der Waals surface area (Å²) >= 11 is 0. The van der Waals surface area contributed by atoms with Gasteiger partial charge in [-0.15, -0.1) is 0 Å². The number of fused-ring (bicyclic) bond motifs is 2. The van der Waals surface area contributed by atoms with E-state index < -0.39 is 12.1 Å². The summed E-state index contributed by atoms with van der Waals surface area (Å²) in [5, 5.41) is 14.0. The number of rotatable bonds is 9. The Kier molecular flexibility index (Phi) is 7.48. The third kappa shape index (κ3) is 5.68. The highest BCUT2D eigenvalue weighted by Gasteiger charge is 2.32. The summed E-state index contributed by atoms with van der Waals surface area (Å²) in [5.74, 6) is 1.28. The second-order valence-electron chi connectivity index (χ2n) is 9.17. The van der Waals surface area contributed by atoms with Crippen molar-refractivity contribution in [1.82, 2.24) is 15.3 Å². The summed E-state index contributed by atoms with van der Waals surface area (Å²) < 4.78 is 22.9. The molecule has 4 heterocycles. The number of aliphatic carboxylic acids is 1. The van der Waals surface area contributed by atoms with E-state index >= 15 is 0 Å². The Hall–Kier alpha value is -3.43. The first-order valence-electron chi connectivity index (χ1n) is 12.4. The van der Waals surface area contributed by atoms with Crippen molar-refractivity contribution in [2.24, 2.45) is 0 Å². The number of ether oxygens (including phenoxy) is 4. The molecule has 0 saturated carbocycles. The van der Waals surface area contributed by atoms with Crippen LogP contribution in [0.1, 0.15) is 36.9 Å². The van der Waals surface area contributed by atoms with Crippen molar-refractivity contribution in [2.45, 2.75) is 56.9 Å². The van der Waals surface area contributed by atoms with Gasteiger partial charge in [0.2, 0.25) is 0 Å². The van der Waals surface area contributed by atoms with Crippen molar-refractivity contribution in [3.63, 3.8) is 0 Å². The normalized spacial score (nSPS) is 21.3. The van der Waals surface area contributed by atoms with Crippen LogP contribution in [0.3, 0.4) is 0 Å². The molecule has 0 radical (unpaired) electrons. The van der Waals surface area contributed by atoms with E-state index in [0.29, 0.717) is 31.3 Å². The fraction of sp³-hybridized carbons (Fsp3) is 0.444. The number of carboxylic acid groups (broad SMARTS) is 1. The molecule has 36 heavy (non-hydrogen) atoms. The molecule has 0 amide bonds. The lowest BCUT2D eigenvalue weighted by Gasteiger charge is -2.36. The van der Waals surface area contributed by atoms with Crippen molar-refractivity contribution in [3.05, 3.63) is 54.0 Å². The Morgan fingerprint density at radius 1 is 1.14 bits per heavy atom. The van der Waals surface area contributed by atoms with E-state index in [-0.39, 0.29) is 18.6 Å². The summed E-state index contributed by atoms with van der Waals surface area (Å²) in [7, 11) is 1.66. The lowest BCUT2D eigenvalue weighted by molar-refractivity contribution is -0.145. The molecule has 3 aromatic rings. The topological polar surface area (TPSA) is 112 Å². The molecule has 0 unspecified atom stereocenters. The molecule has 190 valence electrons. The highest BCUT2D eigenvalue weighted by molar-refractivity contribution is 5.83. The minimum absolute atomic E-state index is 0.00589. The number of pyridine rings is 2. The molecular formula is C27H31N3O6. The quantitative estimate of drug-likeness (QED) is 0.462. The van der Waals surface area contributed by atoms with Crippen LogP contribution >= 0.6 is 0 Å². The van der Waals surface area contributed by atoms with Crippen LogP contribution in [0.5, 0.6) is 17.2 Å². The van der Waals surface area contributed by atoms with Crippen LogP contribution < -0.4 is 19.5 Å². The third-order valence-electron chi connectivity index (χ3n) is 6.80. The Bertz CT molecular complexity index is 1220. The summed E-state index contributed by atoms with van der Waals surface area (Å²) in [6.07, 6.45) is 6.35. The molecule has 0 spiro atoms. The number of carboxylic acids is 1. The molecule has 0 aliphatic carbocycles. The molecule has 1 fully saturated rings. The zero-order chi connectivity index (χ0) is 24.9. The van der Waals surface area contributed by atoms with Gasteiger partial charge in [-0.05, 0) is 55.5 Å². The maximum atomic E-state index is 11.6. The van der Waals surface area contributed by atoms with Gasteiger partial charge in [0.1, 0.15) is 19.0 Å². The fourth-order valence-corrected chi connectivity index (χ4v) is 4.94. The predicted molar refractivity (Wildman–Crippen MR) is 133 cm³/mol. The molecule has 3 atom stereocenters. The molecule has 2 aromatic heterocycles. The second-order valence-corrected chi connectivity index (χ2v) is 9.17. The molecule has 0 bridgehead atoms. The summed E-state index contributed by atoms with van der Waals surface area (Å²) in [5.41, 5.74) is 2.93. The van der Waals surface area contributed by atoms with E-state index in [9.17, 15) is 9.90 Å². The first-order chi connectivity index (χ1) is 17.6. The summed E-state index contributed by atoms with van der Waals surface area (Å²) in [4.78, 5) is 20.5. The van der Waals surface area contributed by atoms with Crippen LogP contribution in [0, 0.1) is 0 Å². The lowest BCUT2D eigenvalue weighted by atomic mass is 9.93. The first-order valence-corrected chi connectivity index (χ1v) is 12.4. The third-order valence-corrected chi connectivity index (χ3v) is 6.80. The van der Waals surface area contributed by atoms with Crippen molar-refractivity contribution in [3.8, 4) is 17.2 Å². The smallest absolute Gasteiger partial charge is 0.306 e. The number of carbonyl (C=O) groups is 1. The highest BCUT2D eigenvalue weighted by atomic mass is 16.6. The molecule has 1 aromatic carbocycles. The van der Waals surface area contributed by atoms with Crippen LogP contribution in [-0.2, 0) is 22.5 Å². The average molecular weight is 494 g/mol. The number of aromatic nitrogens is 2. The predicted octanol–water partition coefficient (Wildman–Crippen LogP) is 3.52. The van der Waals surface area contributed by atoms with Crippen molar-refractivity contribution in [2.75, 3.05) is 20.3 Å². The van der Waals surface area contributed by atoms with Crippen molar-refractivity contribution >= 4 is 16.9 Å². The monoisotopic (exact) mass is 493 g/mol. The Balaban J connectivity index is 1.21. The number of benzene rings is 1. The SMILES string of the molecule is COc1ccc2nccc(CC[C@@H]3CC[C@@H](NCc4cc5c(cn4)OCCO5)[C@@H](CC(=O)O)O3)c2c1. The molecule has 2 aliphatic heterocycles. The van der Waals surface area contributed by atoms with Gasteiger partial charge in [0.25, 0.3) is 0 Å². The van der Waals surface area contributed by atoms with Gasteiger partial charge in [-0.1, -0.05) is 0 Å². The van der Waals surface area contributed by atoms with Crippen LogP contribution in [-0.4, -0.2) is 59.6 Å². The Morgan fingerprint density at radius 3 is 2.83 bits per heavy atom. The largest absolute Gasteiger partial charge is 0.497 e. The lowest BCUT2D eigenvalue weighted by Crippen LogP contribution is -2.48. The molecule has 2 N–H and O–H groups in total. The van der Waals surface area contributed by atoms with E-state index in [1.165, 1.54) is 5.56 Å². The Morgan fingerprint density at radius 2 is 2.00 bits per heavy atom. The van der Waals surface area contributed by atoms with Crippen LogP contribution in [0.15, 0.2) is 42.7 Å². The molecule has 1 saturated heterocycles. The molecule has 9 heteroatoms. The first kappa shape index (κ1) is 24.3. The molecular weight excluding hydrogens is 462 g/mol. The standard InChI is InChI=1S/C27H31N3O6/c1-33-20-5-6-22-21(13-20)17(8-9-28-22)2-3-19-4-7-23(24(36-19)14-27(31)32)30-15-18-12-25-26(16-29-18)35-11-10-34-25/h5-6,8-9,12-13,16,19,23-24,30H,2-4,7,10-11,14-15H2,1H3,(H,31,32)/t19-,23-,24-/m1/s1. The zero-order valence-electron chi connectivity index (χ0n) is 20.3. The maximum Gasteiger partial charge on any atom is 0.306 e. The average Bonchev–Trinajstić information content (AvgIpc) is 2.90. The van der Waals surface area contributed by atoms with E-state index in [1.54, 1.807) is 13.3 Å². The number of aryl methyl sites for hydroxylation is 1. The number of nitrogens with one attached hydrogen (secondary N) is 1. The minimum Gasteiger partial charge on any atom is -0.497 e. The van der Waals surface area contributed by atoms with Gasteiger partial charge in [-0.3, -0.25) is 14.8 Å². The maximum absolute atomic E-state index is 11.6. The number of methoxy groups -OCH3 is 1. The highest BCUT2D eigenvalue weighted by Crippen LogP contribution is 2.30. The minimum atomic E-state index is -0.864. The Labute approximate surface area is 209 Å². The van der Waals surface area contributed by atoms with Gasteiger partial charge in [0.15, 0.2) is 11.5 Å². The molecule has 2 aliphatic rings. The van der Waals surface area contributed by atoms with Gasteiger partial charge in [0.05, 0.1) is 43.1 Å². The van der Waals surface area contributed by atoms with Gasteiger partial charge < -0.3 is 29.4 Å². The number of hydrogen-bond acceptors (Lipinski definition) is 8. The van der Waals surface area contributed by atoms with Gasteiger partial charge in [-0.2, -0.15) is 0 Å². The van der Waals surface area contributed by atoms with Gasteiger partial charge >= 0.3 is 5.97 Å². The summed E-state index contributed by atoms with van der Waals surface area (Å²) in [6.45, 7) is 1.54.